The van der Waals surface area contributed by atoms with Crippen LogP contribution in [0.15, 0.2) is 0 Å². The predicted molar refractivity (Wildman–Crippen MR) is 42.5 cm³/mol. The second-order valence-corrected chi connectivity index (χ2v) is 2.78. The Kier molecular flexibility index (Phi) is 4.43. The van der Waals surface area contributed by atoms with Gasteiger partial charge in [0.05, 0.1) is 6.17 Å². The molecule has 0 aliphatic carbocycles. The van der Waals surface area contributed by atoms with Crippen molar-refractivity contribution in [1.29, 1.82) is 0 Å². The van der Waals surface area contributed by atoms with Crippen molar-refractivity contribution in [3.63, 3.8) is 0 Å². The highest BCUT2D eigenvalue weighted by molar-refractivity contribution is 4.60. The summed E-state index contributed by atoms with van der Waals surface area (Å²) in [7, 11) is 11.4. The van der Waals surface area contributed by atoms with Gasteiger partial charge in [0.25, 0.3) is 0 Å². The summed E-state index contributed by atoms with van der Waals surface area (Å²) < 4.78 is 4.79. The number of nitrogens with zero attached hydrogens (tertiary/aromatic N) is 2. The van der Waals surface area contributed by atoms with Gasteiger partial charge in [-0.1, -0.05) is 0 Å². The second kappa shape index (κ2) is 4.55. The molecule has 0 fully saturated rings. The van der Waals surface area contributed by atoms with E-state index >= 15 is 0 Å². The second-order valence-electron chi connectivity index (χ2n) is 2.78. The number of hydrogen-bond acceptors (Lipinski definition) is 3. The molecule has 0 N–H and O–H groups in total. The minimum Gasteiger partial charge on any atom is -0.292 e. The predicted octanol–water partition coefficient (Wildman–Crippen LogP) is 0.244. The van der Waals surface area contributed by atoms with E-state index in [1.54, 1.807) is 0 Å². The standard InChI is InChI=1S/C7H17N2O/c1-8(2)7(6-10-5)9(3)4/h7H,5-6H2,1-4H3/q+1. The summed E-state index contributed by atoms with van der Waals surface area (Å²) in [5, 5.41) is 0. The van der Waals surface area contributed by atoms with E-state index in [4.69, 9.17) is 4.74 Å². The van der Waals surface area contributed by atoms with Crippen LogP contribution in [0.2, 0.25) is 0 Å². The fourth-order valence-corrected chi connectivity index (χ4v) is 0.865. The monoisotopic (exact) mass is 145 g/mol. The molecule has 0 amide bonds. The maximum atomic E-state index is 4.79. The first kappa shape index (κ1) is 9.75. The molecule has 0 rings (SSSR count). The average molecular weight is 145 g/mol. The molecule has 0 aliphatic rings. The largest absolute Gasteiger partial charge is 0.292 e. The van der Waals surface area contributed by atoms with Crippen molar-refractivity contribution in [2.75, 3.05) is 34.8 Å². The molecule has 60 valence electrons. The van der Waals surface area contributed by atoms with E-state index in [0.717, 1.165) is 0 Å². The minimum absolute atomic E-state index is 0.317. The van der Waals surface area contributed by atoms with Gasteiger partial charge < -0.3 is 0 Å². The lowest BCUT2D eigenvalue weighted by molar-refractivity contribution is 0.0541. The Morgan fingerprint density at radius 1 is 1.20 bits per heavy atom. The molecule has 0 aromatic carbocycles. The molecule has 10 heavy (non-hydrogen) atoms. The van der Waals surface area contributed by atoms with Crippen LogP contribution < -0.4 is 0 Å². The Morgan fingerprint density at radius 2 is 1.60 bits per heavy atom. The van der Waals surface area contributed by atoms with Crippen LogP contribution in [0.3, 0.4) is 0 Å². The lowest BCUT2D eigenvalue weighted by Crippen LogP contribution is -2.43. The zero-order valence-electron chi connectivity index (χ0n) is 7.29. The molecule has 0 bridgehead atoms. The Bertz CT molecular complexity index is 75.7. The summed E-state index contributed by atoms with van der Waals surface area (Å²) in [6.07, 6.45) is 0.317. The first-order valence-electron chi connectivity index (χ1n) is 3.29. The van der Waals surface area contributed by atoms with Crippen molar-refractivity contribution in [2.45, 2.75) is 6.17 Å². The zero-order chi connectivity index (χ0) is 8.15. The average Bonchev–Trinajstić information content (AvgIpc) is 1.81. The smallest absolute Gasteiger partial charge is 0.213 e. The molecule has 0 radical (unpaired) electrons. The molecule has 0 heterocycles. The van der Waals surface area contributed by atoms with Crippen molar-refractivity contribution in [3.8, 4) is 0 Å². The maximum Gasteiger partial charge on any atom is 0.213 e. The highest BCUT2D eigenvalue weighted by Gasteiger charge is 2.13. The molecule has 0 saturated heterocycles. The Hall–Kier alpha value is -0.250. The fourth-order valence-electron chi connectivity index (χ4n) is 0.865. The Labute approximate surface area is 63.6 Å². The molecule has 0 atom stereocenters. The summed E-state index contributed by atoms with van der Waals surface area (Å²) >= 11 is 0. The van der Waals surface area contributed by atoms with Crippen LogP contribution in [0.5, 0.6) is 0 Å². The van der Waals surface area contributed by atoms with Gasteiger partial charge in [0.1, 0.15) is 6.61 Å². The van der Waals surface area contributed by atoms with Crippen LogP contribution in [0, 0.1) is 7.11 Å². The van der Waals surface area contributed by atoms with E-state index in [-0.39, 0.29) is 0 Å². The summed E-state index contributed by atoms with van der Waals surface area (Å²) in [5.74, 6) is 0. The van der Waals surface area contributed by atoms with Crippen LogP contribution in [0.4, 0.5) is 0 Å². The van der Waals surface area contributed by atoms with E-state index < -0.39 is 0 Å². The van der Waals surface area contributed by atoms with Gasteiger partial charge in [-0.25, -0.2) is 0 Å². The van der Waals surface area contributed by atoms with Crippen LogP contribution in [0.1, 0.15) is 0 Å². The highest BCUT2D eigenvalue weighted by Crippen LogP contribution is 1.96. The van der Waals surface area contributed by atoms with E-state index in [0.29, 0.717) is 12.8 Å². The van der Waals surface area contributed by atoms with Crippen LogP contribution >= 0.6 is 0 Å². The van der Waals surface area contributed by atoms with Crippen LogP contribution in [0.25, 0.3) is 0 Å². The topological polar surface area (TPSA) is 15.7 Å². The summed E-state index contributed by atoms with van der Waals surface area (Å²) in [4.78, 5) is 4.18. The SMILES string of the molecule is [CH2+]OCC(N(C)C)N(C)C. The molecule has 0 unspecified atom stereocenters. The quantitative estimate of drug-likeness (QED) is 0.416. The lowest BCUT2D eigenvalue weighted by atomic mass is 10.4. The number of hydrogen-bond donors (Lipinski definition) is 0. The molecule has 0 aliphatic heterocycles. The summed E-state index contributed by atoms with van der Waals surface area (Å²) in [6.45, 7) is 0.639. The van der Waals surface area contributed by atoms with Crippen LogP contribution in [-0.2, 0) is 4.74 Å². The van der Waals surface area contributed by atoms with Gasteiger partial charge in [-0.2, -0.15) is 4.74 Å². The van der Waals surface area contributed by atoms with Gasteiger partial charge in [-0.05, 0) is 28.2 Å². The Morgan fingerprint density at radius 3 is 1.70 bits per heavy atom. The third-order valence-electron chi connectivity index (χ3n) is 1.46. The van der Waals surface area contributed by atoms with Crippen molar-refractivity contribution in [2.24, 2.45) is 0 Å². The van der Waals surface area contributed by atoms with Gasteiger partial charge in [0.2, 0.25) is 7.11 Å². The van der Waals surface area contributed by atoms with Gasteiger partial charge in [0.15, 0.2) is 0 Å². The fraction of sp³-hybridized carbons (Fsp3) is 0.857. The number of likely N-dealkylation sites (N-methyl/N-ethyl adjacent to an activating group) is 2. The van der Waals surface area contributed by atoms with Gasteiger partial charge in [0, 0.05) is 0 Å². The maximum absolute atomic E-state index is 4.79. The van der Waals surface area contributed by atoms with Crippen LogP contribution in [-0.4, -0.2) is 50.8 Å². The van der Waals surface area contributed by atoms with E-state index in [2.05, 4.69) is 16.9 Å². The normalized spacial score (nSPS) is 11.9. The van der Waals surface area contributed by atoms with E-state index in [1.807, 2.05) is 28.2 Å². The van der Waals surface area contributed by atoms with Gasteiger partial charge in [-0.3, -0.25) is 9.80 Å². The van der Waals surface area contributed by atoms with Crippen molar-refractivity contribution in [3.05, 3.63) is 7.11 Å². The Balaban J connectivity index is 3.73. The molecular formula is C7H17N2O+. The minimum atomic E-state index is 0.317. The zero-order valence-corrected chi connectivity index (χ0v) is 7.29. The summed E-state index contributed by atoms with van der Waals surface area (Å²) in [5.41, 5.74) is 0. The van der Waals surface area contributed by atoms with Crippen molar-refractivity contribution in [1.82, 2.24) is 9.80 Å². The molecular weight excluding hydrogens is 128 g/mol. The summed E-state index contributed by atoms with van der Waals surface area (Å²) in [6, 6.07) is 0. The lowest BCUT2D eigenvalue weighted by Gasteiger charge is -2.28. The highest BCUT2D eigenvalue weighted by atomic mass is 16.5. The van der Waals surface area contributed by atoms with E-state index in [9.17, 15) is 0 Å². The van der Waals surface area contributed by atoms with Gasteiger partial charge in [-0.15, -0.1) is 0 Å². The van der Waals surface area contributed by atoms with Gasteiger partial charge >= 0.3 is 0 Å². The molecule has 3 heteroatoms. The number of ether oxygens (including phenoxy) is 1. The third kappa shape index (κ3) is 3.06. The molecule has 0 spiro atoms. The van der Waals surface area contributed by atoms with Crippen molar-refractivity contribution < 1.29 is 4.74 Å². The molecule has 0 saturated carbocycles. The molecule has 3 nitrogen and oxygen atoms in total. The van der Waals surface area contributed by atoms with Crippen molar-refractivity contribution >= 4 is 0 Å². The van der Waals surface area contributed by atoms with E-state index in [1.165, 1.54) is 0 Å². The first-order chi connectivity index (χ1) is 4.59. The first-order valence-corrected chi connectivity index (χ1v) is 3.29. The molecule has 0 aromatic rings. The third-order valence-corrected chi connectivity index (χ3v) is 1.46. The number of rotatable bonds is 4. The molecule has 0 aromatic heterocycles.